The average Bonchev–Trinajstić information content (AvgIpc) is 2.40. The van der Waals surface area contributed by atoms with Crippen molar-refractivity contribution in [1.29, 1.82) is 0 Å². The molecule has 0 aromatic heterocycles. The van der Waals surface area contributed by atoms with E-state index in [1.54, 1.807) is 12.1 Å². The third-order valence-corrected chi connectivity index (χ3v) is 5.28. The predicted molar refractivity (Wildman–Crippen MR) is 79.0 cm³/mol. The van der Waals surface area contributed by atoms with Crippen molar-refractivity contribution < 1.29 is 18.3 Å². The van der Waals surface area contributed by atoms with Gasteiger partial charge in [-0.1, -0.05) is 32.4 Å². The second kappa shape index (κ2) is 6.61. The topological polar surface area (TPSA) is 20.2 Å². The van der Waals surface area contributed by atoms with Gasteiger partial charge in [0.05, 0.1) is 6.10 Å². The lowest BCUT2D eigenvalue weighted by molar-refractivity contribution is -0.0328. The van der Waals surface area contributed by atoms with Crippen LogP contribution >= 0.6 is 11.8 Å². The van der Waals surface area contributed by atoms with E-state index in [-0.39, 0.29) is 22.6 Å². The van der Waals surface area contributed by atoms with Gasteiger partial charge in [-0.15, -0.1) is 0 Å². The summed E-state index contributed by atoms with van der Waals surface area (Å²) in [7, 11) is 0. The number of aliphatic hydroxyl groups excluding tert-OH is 1. The van der Waals surface area contributed by atoms with Gasteiger partial charge in [0.2, 0.25) is 0 Å². The van der Waals surface area contributed by atoms with Gasteiger partial charge in [0.1, 0.15) is 0 Å². The third-order valence-electron chi connectivity index (χ3n) is 4.54. The summed E-state index contributed by atoms with van der Waals surface area (Å²) in [5.74, 6) is 1.47. The summed E-state index contributed by atoms with van der Waals surface area (Å²) >= 11 is -0.124. The monoisotopic (exact) mass is 318 g/mol. The normalized spacial score (nSPS) is 28.4. The van der Waals surface area contributed by atoms with E-state index < -0.39 is 11.6 Å². The molecule has 21 heavy (non-hydrogen) atoms. The van der Waals surface area contributed by atoms with Crippen molar-refractivity contribution >= 4 is 11.8 Å². The molecule has 0 bridgehead atoms. The number of thioether (sulfide) groups is 1. The maximum absolute atomic E-state index is 12.3. The molecule has 0 radical (unpaired) electrons. The first-order valence-electron chi connectivity index (χ1n) is 7.30. The van der Waals surface area contributed by atoms with Crippen LogP contribution in [0.15, 0.2) is 29.2 Å². The van der Waals surface area contributed by atoms with Crippen molar-refractivity contribution in [2.45, 2.75) is 49.6 Å². The van der Waals surface area contributed by atoms with E-state index in [1.807, 2.05) is 0 Å². The van der Waals surface area contributed by atoms with Crippen molar-refractivity contribution in [3.63, 3.8) is 0 Å². The Labute approximate surface area is 127 Å². The van der Waals surface area contributed by atoms with E-state index in [9.17, 15) is 18.3 Å². The van der Waals surface area contributed by atoms with Crippen LogP contribution in [-0.2, 0) is 0 Å². The highest BCUT2D eigenvalue weighted by Crippen LogP contribution is 2.41. The Kier molecular flexibility index (Phi) is 5.25. The predicted octanol–water partition coefficient (Wildman–Crippen LogP) is 5.40. The van der Waals surface area contributed by atoms with Crippen molar-refractivity contribution in [1.82, 2.24) is 0 Å². The van der Waals surface area contributed by atoms with Gasteiger partial charge in [-0.2, -0.15) is 13.2 Å². The smallest absolute Gasteiger partial charge is 0.388 e. The van der Waals surface area contributed by atoms with Crippen LogP contribution in [0, 0.1) is 17.8 Å². The quantitative estimate of drug-likeness (QED) is 0.753. The summed E-state index contributed by atoms with van der Waals surface area (Å²) in [6.07, 6.45) is 2.47. The summed E-state index contributed by atoms with van der Waals surface area (Å²) in [5.41, 5.74) is -3.55. The number of rotatable bonds is 3. The highest BCUT2D eigenvalue weighted by atomic mass is 32.2. The van der Waals surface area contributed by atoms with Crippen molar-refractivity contribution in [2.24, 2.45) is 17.8 Å². The van der Waals surface area contributed by atoms with Crippen LogP contribution in [0.4, 0.5) is 13.2 Å². The zero-order valence-corrected chi connectivity index (χ0v) is 13.0. The first-order chi connectivity index (χ1) is 9.76. The second-order valence-corrected chi connectivity index (χ2v) is 7.23. The molecular formula is C16H21F3OS. The van der Waals surface area contributed by atoms with Crippen molar-refractivity contribution in [2.75, 3.05) is 0 Å². The molecule has 1 aliphatic rings. The number of halogens is 3. The molecule has 0 amide bonds. The molecule has 4 unspecified atom stereocenters. The Hall–Kier alpha value is -0.680. The van der Waals surface area contributed by atoms with Gasteiger partial charge in [0, 0.05) is 4.90 Å². The van der Waals surface area contributed by atoms with Crippen LogP contribution in [0.3, 0.4) is 0 Å². The minimum atomic E-state index is -4.27. The third kappa shape index (κ3) is 4.65. The Morgan fingerprint density at radius 3 is 2.24 bits per heavy atom. The van der Waals surface area contributed by atoms with E-state index in [0.29, 0.717) is 17.4 Å². The van der Waals surface area contributed by atoms with Gasteiger partial charge in [0.25, 0.3) is 0 Å². The molecule has 2 rings (SSSR count). The highest BCUT2D eigenvalue weighted by molar-refractivity contribution is 8.00. The number of alkyl halides is 3. The Bertz CT molecular complexity index is 458. The Morgan fingerprint density at radius 2 is 1.71 bits per heavy atom. The van der Waals surface area contributed by atoms with Crippen LogP contribution in [0.5, 0.6) is 0 Å². The van der Waals surface area contributed by atoms with Crippen LogP contribution in [-0.4, -0.2) is 10.6 Å². The summed E-state index contributed by atoms with van der Waals surface area (Å²) in [5, 5.41) is 10.4. The Balaban J connectivity index is 2.01. The number of aliphatic hydroxyl groups is 1. The molecule has 1 aromatic carbocycles. The number of benzene rings is 1. The number of hydrogen-bond donors (Lipinski definition) is 1. The SMILES string of the molecule is CC1CCC(C(O)c2ccc(SC(F)(F)F)cc2)CC1C. The molecule has 0 spiro atoms. The highest BCUT2D eigenvalue weighted by Gasteiger charge is 2.31. The zero-order chi connectivity index (χ0) is 15.6. The van der Waals surface area contributed by atoms with Gasteiger partial charge in [-0.05, 0) is 60.1 Å². The molecular weight excluding hydrogens is 297 g/mol. The molecule has 1 N–H and O–H groups in total. The Morgan fingerprint density at radius 1 is 1.10 bits per heavy atom. The molecule has 4 atom stereocenters. The van der Waals surface area contributed by atoms with Crippen molar-refractivity contribution in [3.8, 4) is 0 Å². The van der Waals surface area contributed by atoms with Gasteiger partial charge in [-0.25, -0.2) is 0 Å². The van der Waals surface area contributed by atoms with Gasteiger partial charge in [-0.3, -0.25) is 0 Å². The van der Waals surface area contributed by atoms with E-state index in [2.05, 4.69) is 13.8 Å². The lowest BCUT2D eigenvalue weighted by Gasteiger charge is -2.34. The number of hydrogen-bond acceptors (Lipinski definition) is 2. The molecule has 0 heterocycles. The summed E-state index contributed by atoms with van der Waals surface area (Å²) in [4.78, 5) is 0.157. The standard InChI is InChI=1S/C16H21F3OS/c1-10-3-4-13(9-11(10)2)15(20)12-5-7-14(8-6-12)21-16(17,18)19/h5-8,10-11,13,15,20H,3-4,9H2,1-2H3. The molecule has 5 heteroatoms. The average molecular weight is 318 g/mol. The molecule has 1 saturated carbocycles. The fourth-order valence-corrected chi connectivity index (χ4v) is 3.55. The lowest BCUT2D eigenvalue weighted by Crippen LogP contribution is -2.25. The van der Waals surface area contributed by atoms with E-state index in [0.717, 1.165) is 19.3 Å². The molecule has 1 aliphatic carbocycles. The maximum atomic E-state index is 12.3. The van der Waals surface area contributed by atoms with E-state index >= 15 is 0 Å². The van der Waals surface area contributed by atoms with Crippen LogP contribution < -0.4 is 0 Å². The lowest BCUT2D eigenvalue weighted by atomic mass is 9.73. The summed E-state index contributed by atoms with van der Waals surface area (Å²) in [6, 6.07) is 6.10. The van der Waals surface area contributed by atoms with Gasteiger partial charge < -0.3 is 5.11 Å². The van der Waals surface area contributed by atoms with E-state index in [1.165, 1.54) is 12.1 Å². The first kappa shape index (κ1) is 16.7. The minimum absolute atomic E-state index is 0.124. The van der Waals surface area contributed by atoms with Crippen LogP contribution in [0.25, 0.3) is 0 Å². The maximum Gasteiger partial charge on any atom is 0.446 e. The minimum Gasteiger partial charge on any atom is -0.388 e. The molecule has 118 valence electrons. The van der Waals surface area contributed by atoms with E-state index in [4.69, 9.17) is 0 Å². The molecule has 1 fully saturated rings. The van der Waals surface area contributed by atoms with Crippen LogP contribution in [0.1, 0.15) is 44.8 Å². The summed E-state index contributed by atoms with van der Waals surface area (Å²) in [6.45, 7) is 4.43. The first-order valence-corrected chi connectivity index (χ1v) is 8.11. The molecule has 1 nitrogen and oxygen atoms in total. The second-order valence-electron chi connectivity index (χ2n) is 6.09. The molecule has 0 saturated heterocycles. The van der Waals surface area contributed by atoms with Gasteiger partial charge >= 0.3 is 5.51 Å². The van der Waals surface area contributed by atoms with Gasteiger partial charge in [0.15, 0.2) is 0 Å². The molecule has 0 aliphatic heterocycles. The zero-order valence-electron chi connectivity index (χ0n) is 12.2. The fraction of sp³-hybridized carbons (Fsp3) is 0.625. The summed E-state index contributed by atoms with van der Waals surface area (Å²) < 4.78 is 36.9. The molecule has 1 aromatic rings. The van der Waals surface area contributed by atoms with Crippen molar-refractivity contribution in [3.05, 3.63) is 29.8 Å². The largest absolute Gasteiger partial charge is 0.446 e. The van der Waals surface area contributed by atoms with Crippen LogP contribution in [0.2, 0.25) is 0 Å². The fourth-order valence-electron chi connectivity index (χ4n) is 3.01.